The Kier molecular flexibility index (Phi) is 7.31. The second-order valence-corrected chi connectivity index (χ2v) is 9.92. The van der Waals surface area contributed by atoms with Gasteiger partial charge in [-0.2, -0.15) is 4.31 Å². The molecular weight excluding hydrogens is 452 g/mol. The van der Waals surface area contributed by atoms with Gasteiger partial charge in [0.05, 0.1) is 32.4 Å². The van der Waals surface area contributed by atoms with Crippen molar-refractivity contribution < 1.29 is 22.7 Å². The molecule has 1 aliphatic heterocycles. The van der Waals surface area contributed by atoms with Crippen molar-refractivity contribution in [3.63, 3.8) is 0 Å². The number of sulfonamides is 1. The predicted molar refractivity (Wildman–Crippen MR) is 132 cm³/mol. The third-order valence-corrected chi connectivity index (χ3v) is 7.82. The number of nitrogens with zero attached hydrogens (tertiary/aromatic N) is 2. The maximum absolute atomic E-state index is 13.3. The highest BCUT2D eigenvalue weighted by Gasteiger charge is 2.30. The Labute approximate surface area is 200 Å². The van der Waals surface area contributed by atoms with Gasteiger partial charge in [0.2, 0.25) is 15.9 Å². The van der Waals surface area contributed by atoms with Crippen molar-refractivity contribution in [2.24, 2.45) is 0 Å². The van der Waals surface area contributed by atoms with Gasteiger partial charge in [-0.25, -0.2) is 8.42 Å². The van der Waals surface area contributed by atoms with Crippen LogP contribution in [-0.4, -0.2) is 59.1 Å². The Morgan fingerprint density at radius 2 is 1.68 bits per heavy atom. The normalized spacial score (nSPS) is 14.5. The molecule has 34 heavy (non-hydrogen) atoms. The first-order valence-electron chi connectivity index (χ1n) is 11.1. The van der Waals surface area contributed by atoms with Gasteiger partial charge in [0.25, 0.3) is 0 Å². The monoisotopic (exact) mass is 480 g/mol. The molecule has 0 atom stereocenters. The lowest BCUT2D eigenvalue weighted by Crippen LogP contribution is -2.40. The molecule has 8 heteroatoms. The summed E-state index contributed by atoms with van der Waals surface area (Å²) in [7, 11) is -0.602. The number of para-hydroxylation sites is 1. The van der Waals surface area contributed by atoms with Gasteiger partial charge in [0, 0.05) is 25.7 Å². The van der Waals surface area contributed by atoms with Gasteiger partial charge in [0.15, 0.2) is 0 Å². The molecule has 4 rings (SSSR count). The number of hydrogen-bond acceptors (Lipinski definition) is 5. The standard InChI is InChI=1S/C26H28N2O5S/c1-27(23-11-7-6-10-22(23)21-8-4-3-5-9-21)26(29)19-20-12-13-24(32-2)25(18-20)34(30,31)28-14-16-33-17-15-28/h3-13,18H,14-17,19H2,1-2H3. The molecule has 0 spiro atoms. The second kappa shape index (κ2) is 10.4. The van der Waals surface area contributed by atoms with Crippen LogP contribution in [0.2, 0.25) is 0 Å². The lowest BCUT2D eigenvalue weighted by atomic mass is 10.0. The van der Waals surface area contributed by atoms with Crippen molar-refractivity contribution in [3.8, 4) is 16.9 Å². The molecule has 0 bridgehead atoms. The van der Waals surface area contributed by atoms with E-state index in [2.05, 4.69) is 0 Å². The van der Waals surface area contributed by atoms with Crippen LogP contribution in [-0.2, 0) is 26.0 Å². The van der Waals surface area contributed by atoms with Crippen molar-refractivity contribution in [2.75, 3.05) is 45.4 Å². The number of carbonyl (C=O) groups excluding carboxylic acids is 1. The number of rotatable bonds is 7. The summed E-state index contributed by atoms with van der Waals surface area (Å²) in [5, 5.41) is 0. The Morgan fingerprint density at radius 3 is 2.38 bits per heavy atom. The molecule has 1 saturated heterocycles. The number of hydrogen-bond donors (Lipinski definition) is 0. The van der Waals surface area contributed by atoms with Gasteiger partial charge in [-0.3, -0.25) is 4.79 Å². The number of amides is 1. The molecule has 3 aromatic rings. The number of anilines is 1. The Morgan fingerprint density at radius 1 is 1.00 bits per heavy atom. The molecule has 1 heterocycles. The summed E-state index contributed by atoms with van der Waals surface area (Å²) in [4.78, 5) is 14.9. The highest BCUT2D eigenvalue weighted by Crippen LogP contribution is 2.31. The summed E-state index contributed by atoms with van der Waals surface area (Å²) in [6.45, 7) is 1.28. The van der Waals surface area contributed by atoms with E-state index < -0.39 is 10.0 Å². The van der Waals surface area contributed by atoms with E-state index in [4.69, 9.17) is 9.47 Å². The number of likely N-dealkylation sites (N-methyl/N-ethyl adjacent to an activating group) is 1. The van der Waals surface area contributed by atoms with Gasteiger partial charge in [-0.15, -0.1) is 0 Å². The molecule has 0 radical (unpaired) electrons. The third-order valence-electron chi connectivity index (χ3n) is 5.90. The summed E-state index contributed by atoms with van der Waals surface area (Å²) in [5.74, 6) is 0.105. The molecular formula is C26H28N2O5S. The minimum absolute atomic E-state index is 0.0508. The first kappa shape index (κ1) is 23.9. The lowest BCUT2D eigenvalue weighted by molar-refractivity contribution is -0.117. The number of methoxy groups -OCH3 is 1. The summed E-state index contributed by atoms with van der Waals surface area (Å²) in [6.07, 6.45) is 0.0508. The molecule has 0 saturated carbocycles. The minimum Gasteiger partial charge on any atom is -0.495 e. The molecule has 178 valence electrons. The van der Waals surface area contributed by atoms with Crippen molar-refractivity contribution in [1.29, 1.82) is 0 Å². The highest BCUT2D eigenvalue weighted by molar-refractivity contribution is 7.89. The molecule has 0 unspecified atom stereocenters. The summed E-state index contributed by atoms with van der Waals surface area (Å²) >= 11 is 0. The lowest BCUT2D eigenvalue weighted by Gasteiger charge is -2.27. The average molecular weight is 481 g/mol. The Balaban J connectivity index is 1.60. The van der Waals surface area contributed by atoms with Gasteiger partial charge in [-0.05, 0) is 29.3 Å². The minimum atomic E-state index is -3.77. The smallest absolute Gasteiger partial charge is 0.246 e. The number of ether oxygens (including phenoxy) is 2. The fraction of sp³-hybridized carbons (Fsp3) is 0.269. The molecule has 0 aliphatic carbocycles. The fourth-order valence-electron chi connectivity index (χ4n) is 4.01. The predicted octanol–water partition coefficient (Wildman–Crippen LogP) is 3.59. The van der Waals surface area contributed by atoms with Crippen LogP contribution in [0.1, 0.15) is 5.56 Å². The molecule has 7 nitrogen and oxygen atoms in total. The van der Waals surface area contributed by atoms with Crippen molar-refractivity contribution in [3.05, 3.63) is 78.4 Å². The quantitative estimate of drug-likeness (QED) is 0.517. The van der Waals surface area contributed by atoms with E-state index in [1.165, 1.54) is 11.4 Å². The van der Waals surface area contributed by atoms with Gasteiger partial charge >= 0.3 is 0 Å². The molecule has 1 fully saturated rings. The van der Waals surface area contributed by atoms with Crippen molar-refractivity contribution in [2.45, 2.75) is 11.3 Å². The summed E-state index contributed by atoms with van der Waals surface area (Å²) in [5.41, 5.74) is 3.35. The maximum atomic E-state index is 13.3. The van der Waals surface area contributed by atoms with E-state index in [0.29, 0.717) is 18.8 Å². The first-order valence-corrected chi connectivity index (χ1v) is 12.5. The van der Waals surface area contributed by atoms with Crippen LogP contribution in [0.4, 0.5) is 5.69 Å². The zero-order valence-corrected chi connectivity index (χ0v) is 20.1. The second-order valence-electron chi connectivity index (χ2n) is 8.01. The van der Waals surface area contributed by atoms with E-state index in [1.807, 2.05) is 54.6 Å². The van der Waals surface area contributed by atoms with E-state index >= 15 is 0 Å². The van der Waals surface area contributed by atoms with E-state index in [1.54, 1.807) is 30.1 Å². The average Bonchev–Trinajstić information content (AvgIpc) is 2.89. The Bertz CT molecular complexity index is 1260. The van der Waals surface area contributed by atoms with Crippen LogP contribution in [0, 0.1) is 0 Å². The van der Waals surface area contributed by atoms with Gasteiger partial charge < -0.3 is 14.4 Å². The topological polar surface area (TPSA) is 76.2 Å². The molecule has 3 aromatic carbocycles. The number of carbonyl (C=O) groups is 1. The summed E-state index contributed by atoms with van der Waals surface area (Å²) in [6, 6.07) is 22.5. The third kappa shape index (κ3) is 4.99. The summed E-state index contributed by atoms with van der Waals surface area (Å²) < 4.78 is 38.5. The maximum Gasteiger partial charge on any atom is 0.246 e. The molecule has 0 N–H and O–H groups in total. The van der Waals surface area contributed by atoms with E-state index in [-0.39, 0.29) is 36.1 Å². The van der Waals surface area contributed by atoms with Crippen molar-refractivity contribution >= 4 is 21.6 Å². The van der Waals surface area contributed by atoms with Gasteiger partial charge in [0.1, 0.15) is 10.6 Å². The number of morpholine rings is 1. The first-order chi connectivity index (χ1) is 16.4. The largest absolute Gasteiger partial charge is 0.495 e. The molecule has 0 aromatic heterocycles. The number of benzene rings is 3. The zero-order valence-electron chi connectivity index (χ0n) is 19.3. The van der Waals surface area contributed by atoms with E-state index in [9.17, 15) is 13.2 Å². The van der Waals surface area contributed by atoms with Crippen LogP contribution in [0.25, 0.3) is 11.1 Å². The van der Waals surface area contributed by atoms with Crippen molar-refractivity contribution in [1.82, 2.24) is 4.31 Å². The van der Waals surface area contributed by atoms with Crippen LogP contribution in [0.5, 0.6) is 5.75 Å². The Hall–Kier alpha value is -3.20. The SMILES string of the molecule is COc1ccc(CC(=O)N(C)c2ccccc2-c2ccccc2)cc1S(=O)(=O)N1CCOCC1. The zero-order chi connectivity index (χ0) is 24.1. The van der Waals surface area contributed by atoms with E-state index in [0.717, 1.165) is 16.8 Å². The molecule has 1 aliphatic rings. The van der Waals surface area contributed by atoms with Crippen LogP contribution in [0.15, 0.2) is 77.7 Å². The van der Waals surface area contributed by atoms with Crippen LogP contribution >= 0.6 is 0 Å². The highest BCUT2D eigenvalue weighted by atomic mass is 32.2. The fourth-order valence-corrected chi connectivity index (χ4v) is 5.63. The molecule has 1 amide bonds. The van der Waals surface area contributed by atoms with Gasteiger partial charge in [-0.1, -0.05) is 54.6 Å². The van der Waals surface area contributed by atoms with Crippen LogP contribution in [0.3, 0.4) is 0 Å². The van der Waals surface area contributed by atoms with Crippen LogP contribution < -0.4 is 9.64 Å².